The topological polar surface area (TPSA) is 56.8 Å². The molecular weight excluding hydrogens is 258 g/mol. The number of benzene rings is 1. The molecule has 0 fully saturated rings. The molecule has 0 saturated carbocycles. The Labute approximate surface area is 119 Å². The Hall–Kier alpha value is -1.91. The Kier molecular flexibility index (Phi) is 4.71. The molecule has 0 amide bonds. The minimum atomic E-state index is -0.138. The van der Waals surface area contributed by atoms with Crippen LogP contribution in [0, 0.1) is 0 Å². The third kappa shape index (κ3) is 2.98. The highest BCUT2D eigenvalue weighted by atomic mass is 16.5. The molecule has 1 heterocycles. The van der Waals surface area contributed by atoms with Gasteiger partial charge in [-0.1, -0.05) is 0 Å². The summed E-state index contributed by atoms with van der Waals surface area (Å²) < 4.78 is 15.6. The number of rotatable bonds is 6. The lowest BCUT2D eigenvalue weighted by Gasteiger charge is -2.13. The minimum absolute atomic E-state index is 0.138. The van der Waals surface area contributed by atoms with Crippen LogP contribution >= 0.6 is 0 Å². The van der Waals surface area contributed by atoms with Crippen LogP contribution in [0.15, 0.2) is 12.1 Å². The zero-order valence-corrected chi connectivity index (χ0v) is 12.2. The fourth-order valence-corrected chi connectivity index (χ4v) is 2.51. The van der Waals surface area contributed by atoms with E-state index in [2.05, 4.69) is 5.32 Å². The van der Waals surface area contributed by atoms with Gasteiger partial charge in [-0.15, -0.1) is 0 Å². The van der Waals surface area contributed by atoms with Crippen LogP contribution in [0.4, 0.5) is 5.69 Å². The van der Waals surface area contributed by atoms with Crippen LogP contribution in [0.2, 0.25) is 0 Å². The highest BCUT2D eigenvalue weighted by Crippen LogP contribution is 2.41. The van der Waals surface area contributed by atoms with E-state index in [0.717, 1.165) is 24.4 Å². The number of fused-ring (bicyclic) bond motifs is 1. The zero-order valence-electron chi connectivity index (χ0n) is 12.2. The molecule has 110 valence electrons. The first-order chi connectivity index (χ1) is 9.69. The number of carbonyl (C=O) groups is 1. The van der Waals surface area contributed by atoms with E-state index in [1.807, 2.05) is 19.1 Å². The largest absolute Gasteiger partial charge is 0.493 e. The van der Waals surface area contributed by atoms with Crippen molar-refractivity contribution in [2.24, 2.45) is 0 Å². The zero-order chi connectivity index (χ0) is 14.5. The second kappa shape index (κ2) is 6.50. The van der Waals surface area contributed by atoms with Gasteiger partial charge in [-0.3, -0.25) is 4.79 Å². The normalized spacial score (nSPS) is 16.2. The van der Waals surface area contributed by atoms with Crippen molar-refractivity contribution in [1.29, 1.82) is 0 Å². The molecule has 0 saturated heterocycles. The van der Waals surface area contributed by atoms with Gasteiger partial charge < -0.3 is 19.5 Å². The van der Waals surface area contributed by atoms with Crippen molar-refractivity contribution in [1.82, 2.24) is 0 Å². The summed E-state index contributed by atoms with van der Waals surface area (Å²) in [6, 6.07) is 3.93. The summed E-state index contributed by atoms with van der Waals surface area (Å²) >= 11 is 0. The van der Waals surface area contributed by atoms with Crippen molar-refractivity contribution in [2.45, 2.75) is 25.7 Å². The second-order valence-corrected chi connectivity index (χ2v) is 4.72. The molecule has 1 aromatic rings. The molecule has 1 N–H and O–H groups in total. The number of anilines is 1. The molecule has 1 atom stereocenters. The van der Waals surface area contributed by atoms with Gasteiger partial charge in [0.15, 0.2) is 11.5 Å². The number of esters is 1. The first-order valence-electron chi connectivity index (χ1n) is 6.85. The van der Waals surface area contributed by atoms with Gasteiger partial charge in [0.25, 0.3) is 0 Å². The van der Waals surface area contributed by atoms with Gasteiger partial charge in [-0.2, -0.15) is 0 Å². The van der Waals surface area contributed by atoms with Crippen molar-refractivity contribution in [3.05, 3.63) is 17.7 Å². The molecular formula is C15H21NO4. The van der Waals surface area contributed by atoms with Crippen LogP contribution in [0.5, 0.6) is 11.5 Å². The van der Waals surface area contributed by atoms with Gasteiger partial charge in [0.2, 0.25) is 0 Å². The summed E-state index contributed by atoms with van der Waals surface area (Å²) in [6.45, 7) is 3.08. The van der Waals surface area contributed by atoms with Crippen LogP contribution in [-0.2, 0) is 9.53 Å². The van der Waals surface area contributed by atoms with Crippen LogP contribution in [0.25, 0.3) is 0 Å². The maximum absolute atomic E-state index is 11.4. The average Bonchev–Trinajstić information content (AvgIpc) is 2.86. The smallest absolute Gasteiger partial charge is 0.305 e. The van der Waals surface area contributed by atoms with E-state index in [4.69, 9.17) is 14.2 Å². The van der Waals surface area contributed by atoms with Gasteiger partial charge in [0, 0.05) is 30.6 Å². The van der Waals surface area contributed by atoms with Crippen LogP contribution in [0.3, 0.4) is 0 Å². The van der Waals surface area contributed by atoms with E-state index in [0.29, 0.717) is 24.7 Å². The van der Waals surface area contributed by atoms with Gasteiger partial charge in [-0.25, -0.2) is 0 Å². The van der Waals surface area contributed by atoms with Crippen molar-refractivity contribution in [3.8, 4) is 11.5 Å². The lowest BCUT2D eigenvalue weighted by molar-refractivity contribution is -0.143. The fraction of sp³-hybridized carbons (Fsp3) is 0.533. The summed E-state index contributed by atoms with van der Waals surface area (Å²) in [7, 11) is 3.25. The van der Waals surface area contributed by atoms with Crippen molar-refractivity contribution < 1.29 is 19.0 Å². The average molecular weight is 279 g/mol. The van der Waals surface area contributed by atoms with E-state index in [1.54, 1.807) is 14.2 Å². The quantitative estimate of drug-likeness (QED) is 0.811. The molecule has 0 aliphatic carbocycles. The third-order valence-electron chi connectivity index (χ3n) is 3.54. The first kappa shape index (κ1) is 14.5. The Balaban J connectivity index is 2.09. The van der Waals surface area contributed by atoms with E-state index >= 15 is 0 Å². The van der Waals surface area contributed by atoms with Gasteiger partial charge in [0.05, 0.1) is 20.8 Å². The SMILES string of the molecule is CCOC(=O)CC[C@@H]1CNc2cc(OC)c(OC)cc21. The number of hydrogen-bond donors (Lipinski definition) is 1. The summed E-state index contributed by atoms with van der Waals surface area (Å²) in [5.74, 6) is 1.59. The third-order valence-corrected chi connectivity index (χ3v) is 3.54. The molecule has 0 spiro atoms. The molecule has 20 heavy (non-hydrogen) atoms. The summed E-state index contributed by atoms with van der Waals surface area (Å²) in [5, 5.41) is 3.34. The first-order valence-corrected chi connectivity index (χ1v) is 6.85. The molecule has 5 heteroatoms. The number of hydrogen-bond acceptors (Lipinski definition) is 5. The maximum atomic E-state index is 11.4. The predicted octanol–water partition coefficient (Wildman–Crippen LogP) is 2.56. The van der Waals surface area contributed by atoms with Crippen molar-refractivity contribution >= 4 is 11.7 Å². The number of methoxy groups -OCH3 is 2. The Morgan fingerprint density at radius 1 is 1.30 bits per heavy atom. The molecule has 1 aromatic carbocycles. The molecule has 0 radical (unpaired) electrons. The lowest BCUT2D eigenvalue weighted by atomic mass is 9.96. The van der Waals surface area contributed by atoms with Crippen LogP contribution in [-0.4, -0.2) is 33.3 Å². The van der Waals surface area contributed by atoms with Gasteiger partial charge in [0.1, 0.15) is 0 Å². The van der Waals surface area contributed by atoms with Crippen molar-refractivity contribution in [3.63, 3.8) is 0 Å². The molecule has 0 bridgehead atoms. The molecule has 1 aliphatic rings. The van der Waals surface area contributed by atoms with Gasteiger partial charge in [-0.05, 0) is 25.0 Å². The molecule has 1 aliphatic heterocycles. The lowest BCUT2D eigenvalue weighted by Crippen LogP contribution is -2.08. The standard InChI is InChI=1S/C15H21NO4/c1-4-20-15(17)6-5-10-9-16-12-8-14(19-3)13(18-2)7-11(10)12/h7-8,10,16H,4-6,9H2,1-3H3/t10-/m1/s1. The molecule has 2 rings (SSSR count). The van der Waals surface area contributed by atoms with Crippen LogP contribution in [0.1, 0.15) is 31.2 Å². The minimum Gasteiger partial charge on any atom is -0.493 e. The number of carbonyl (C=O) groups excluding carboxylic acids is 1. The Morgan fingerprint density at radius 3 is 2.65 bits per heavy atom. The van der Waals surface area contributed by atoms with E-state index in [-0.39, 0.29) is 5.97 Å². The Morgan fingerprint density at radius 2 is 2.00 bits per heavy atom. The highest BCUT2D eigenvalue weighted by Gasteiger charge is 2.25. The summed E-state index contributed by atoms with van der Waals surface area (Å²) in [6.07, 6.45) is 1.21. The molecule has 0 aromatic heterocycles. The molecule has 5 nitrogen and oxygen atoms in total. The fourth-order valence-electron chi connectivity index (χ4n) is 2.51. The van der Waals surface area contributed by atoms with Crippen LogP contribution < -0.4 is 14.8 Å². The monoisotopic (exact) mass is 279 g/mol. The Bertz CT molecular complexity index is 487. The maximum Gasteiger partial charge on any atom is 0.305 e. The number of ether oxygens (including phenoxy) is 3. The van der Waals surface area contributed by atoms with Crippen molar-refractivity contribution in [2.75, 3.05) is 32.7 Å². The van der Waals surface area contributed by atoms with E-state index in [9.17, 15) is 4.79 Å². The molecule has 0 unspecified atom stereocenters. The second-order valence-electron chi connectivity index (χ2n) is 4.72. The summed E-state index contributed by atoms with van der Waals surface area (Å²) in [5.41, 5.74) is 2.23. The predicted molar refractivity (Wildman–Crippen MR) is 76.6 cm³/mol. The van der Waals surface area contributed by atoms with E-state index < -0.39 is 0 Å². The van der Waals surface area contributed by atoms with E-state index in [1.165, 1.54) is 5.56 Å². The number of nitrogens with one attached hydrogen (secondary N) is 1. The highest BCUT2D eigenvalue weighted by molar-refractivity contribution is 5.70. The van der Waals surface area contributed by atoms with Gasteiger partial charge >= 0.3 is 5.97 Å². The summed E-state index contributed by atoms with van der Waals surface area (Å²) in [4.78, 5) is 11.4.